The van der Waals surface area contributed by atoms with Gasteiger partial charge in [-0.1, -0.05) is 0 Å². The van der Waals surface area contributed by atoms with Crippen LogP contribution in [-0.2, 0) is 10.0 Å². The van der Waals surface area contributed by atoms with Crippen molar-refractivity contribution in [1.29, 1.82) is 0 Å². The van der Waals surface area contributed by atoms with Gasteiger partial charge < -0.3 is 10.5 Å². The molecular formula is C17H26N2O3S. The zero-order chi connectivity index (χ0) is 16.4. The average Bonchev–Trinajstić information content (AvgIpc) is 3.00. The highest BCUT2D eigenvalue weighted by Crippen LogP contribution is 2.28. The molecule has 23 heavy (non-hydrogen) atoms. The molecule has 2 N–H and O–H groups in total. The molecule has 0 bridgehead atoms. The summed E-state index contributed by atoms with van der Waals surface area (Å²) in [4.78, 5) is 0.332. The first-order valence-electron chi connectivity index (χ1n) is 8.51. The minimum absolute atomic E-state index is 0.0573. The van der Waals surface area contributed by atoms with Crippen LogP contribution < -0.4 is 10.5 Å². The number of sulfonamides is 1. The fourth-order valence-electron chi connectivity index (χ4n) is 3.57. The third kappa shape index (κ3) is 3.70. The minimum atomic E-state index is -3.46. The molecule has 1 saturated heterocycles. The topological polar surface area (TPSA) is 72.6 Å². The second kappa shape index (κ2) is 6.79. The molecule has 1 aromatic carbocycles. The molecule has 0 spiro atoms. The first kappa shape index (κ1) is 16.7. The molecule has 1 saturated carbocycles. The molecule has 2 unspecified atom stereocenters. The number of nitrogens with zero attached hydrogens (tertiary/aromatic N) is 1. The molecule has 2 atom stereocenters. The highest BCUT2D eigenvalue weighted by atomic mass is 32.2. The second-order valence-electron chi connectivity index (χ2n) is 6.74. The van der Waals surface area contributed by atoms with E-state index in [4.69, 9.17) is 10.5 Å². The van der Waals surface area contributed by atoms with Crippen molar-refractivity contribution in [3.63, 3.8) is 0 Å². The van der Waals surface area contributed by atoms with E-state index in [-0.39, 0.29) is 18.2 Å². The van der Waals surface area contributed by atoms with Crippen molar-refractivity contribution < 1.29 is 13.2 Å². The summed E-state index contributed by atoms with van der Waals surface area (Å²) in [6.07, 6.45) is 6.31. The van der Waals surface area contributed by atoms with Gasteiger partial charge in [0.1, 0.15) is 5.75 Å². The zero-order valence-electron chi connectivity index (χ0n) is 13.6. The molecule has 1 heterocycles. The van der Waals surface area contributed by atoms with Gasteiger partial charge in [0, 0.05) is 18.6 Å². The van der Waals surface area contributed by atoms with Crippen LogP contribution in [0.3, 0.4) is 0 Å². The number of benzene rings is 1. The Bertz CT molecular complexity index is 624. The predicted octanol–water partition coefficient (Wildman–Crippen LogP) is 2.51. The lowest BCUT2D eigenvalue weighted by atomic mass is 10.0. The number of hydrogen-bond donors (Lipinski definition) is 1. The van der Waals surface area contributed by atoms with E-state index >= 15 is 0 Å². The summed E-state index contributed by atoms with van der Waals surface area (Å²) in [6, 6.07) is 6.88. The van der Waals surface area contributed by atoms with Crippen molar-refractivity contribution in [3.8, 4) is 5.75 Å². The van der Waals surface area contributed by atoms with Gasteiger partial charge in [-0.15, -0.1) is 0 Å². The fraction of sp³-hybridized carbons (Fsp3) is 0.647. The van der Waals surface area contributed by atoms with Crippen molar-refractivity contribution >= 4 is 10.0 Å². The Balaban J connectivity index is 1.72. The Morgan fingerprint density at radius 2 is 1.78 bits per heavy atom. The van der Waals surface area contributed by atoms with Crippen molar-refractivity contribution in [1.82, 2.24) is 4.31 Å². The lowest BCUT2D eigenvalue weighted by Gasteiger charge is -2.35. The molecule has 1 aliphatic heterocycles. The van der Waals surface area contributed by atoms with Crippen LogP contribution in [0.4, 0.5) is 0 Å². The lowest BCUT2D eigenvalue weighted by Crippen LogP contribution is -2.48. The first-order valence-corrected chi connectivity index (χ1v) is 9.95. The summed E-state index contributed by atoms with van der Waals surface area (Å²) in [5.41, 5.74) is 5.93. The molecular weight excluding hydrogens is 312 g/mol. The highest BCUT2D eigenvalue weighted by Gasteiger charge is 2.33. The standard InChI is InChI=1S/C17H26N2O3S/c1-13-12-14(18)10-11-19(13)23(20,21)17-8-6-16(7-9-17)22-15-4-2-3-5-15/h6-9,13-15H,2-5,10-12,18H2,1H3. The maximum Gasteiger partial charge on any atom is 0.243 e. The Hall–Kier alpha value is -1.11. The number of rotatable bonds is 4. The molecule has 0 amide bonds. The minimum Gasteiger partial charge on any atom is -0.490 e. The molecule has 5 nitrogen and oxygen atoms in total. The van der Waals surface area contributed by atoms with Crippen LogP contribution in [0, 0.1) is 0 Å². The molecule has 1 aromatic rings. The smallest absolute Gasteiger partial charge is 0.243 e. The van der Waals surface area contributed by atoms with Crippen LogP contribution in [0.15, 0.2) is 29.2 Å². The van der Waals surface area contributed by atoms with Crippen LogP contribution in [0.2, 0.25) is 0 Å². The molecule has 6 heteroatoms. The van der Waals surface area contributed by atoms with Crippen molar-refractivity contribution in [3.05, 3.63) is 24.3 Å². The summed E-state index contributed by atoms with van der Waals surface area (Å²) < 4.78 is 33.1. The number of nitrogens with two attached hydrogens (primary N) is 1. The predicted molar refractivity (Wildman–Crippen MR) is 89.9 cm³/mol. The van der Waals surface area contributed by atoms with E-state index in [0.29, 0.717) is 24.3 Å². The van der Waals surface area contributed by atoms with Crippen LogP contribution in [0.1, 0.15) is 45.4 Å². The first-order chi connectivity index (χ1) is 11.0. The SMILES string of the molecule is CC1CC(N)CCN1S(=O)(=O)c1ccc(OC2CCCC2)cc1. The summed E-state index contributed by atoms with van der Waals surface area (Å²) in [6.45, 7) is 2.42. The third-order valence-corrected chi connectivity index (χ3v) is 6.92. The van der Waals surface area contributed by atoms with E-state index in [1.165, 1.54) is 12.8 Å². The van der Waals surface area contributed by atoms with Crippen LogP contribution in [0.25, 0.3) is 0 Å². The zero-order valence-corrected chi connectivity index (χ0v) is 14.5. The maximum absolute atomic E-state index is 12.8. The van der Waals surface area contributed by atoms with Gasteiger partial charge in [-0.3, -0.25) is 0 Å². The van der Waals surface area contributed by atoms with Gasteiger partial charge in [-0.05, 0) is 69.7 Å². The summed E-state index contributed by atoms with van der Waals surface area (Å²) >= 11 is 0. The molecule has 0 aromatic heterocycles. The summed E-state index contributed by atoms with van der Waals surface area (Å²) in [7, 11) is -3.46. The maximum atomic E-state index is 12.8. The Morgan fingerprint density at radius 1 is 1.13 bits per heavy atom. The summed E-state index contributed by atoms with van der Waals surface area (Å²) in [5.74, 6) is 0.754. The van der Waals surface area contributed by atoms with Gasteiger partial charge >= 0.3 is 0 Å². The van der Waals surface area contributed by atoms with E-state index < -0.39 is 10.0 Å². The largest absolute Gasteiger partial charge is 0.490 e. The lowest BCUT2D eigenvalue weighted by molar-refractivity contribution is 0.210. The van der Waals surface area contributed by atoms with Crippen molar-refractivity contribution in [2.45, 2.75) is 68.5 Å². The molecule has 128 valence electrons. The Kier molecular flexibility index (Phi) is 4.94. The number of piperidine rings is 1. The second-order valence-corrected chi connectivity index (χ2v) is 8.64. The van der Waals surface area contributed by atoms with E-state index in [1.54, 1.807) is 28.6 Å². The van der Waals surface area contributed by atoms with Gasteiger partial charge in [0.15, 0.2) is 0 Å². The molecule has 3 rings (SSSR count). The Morgan fingerprint density at radius 3 is 2.39 bits per heavy atom. The van der Waals surface area contributed by atoms with Gasteiger partial charge in [0.25, 0.3) is 0 Å². The van der Waals surface area contributed by atoms with E-state index in [0.717, 1.165) is 18.6 Å². The van der Waals surface area contributed by atoms with Gasteiger partial charge in [-0.25, -0.2) is 8.42 Å². The van der Waals surface area contributed by atoms with E-state index in [9.17, 15) is 8.42 Å². The number of hydrogen-bond acceptors (Lipinski definition) is 4. The van der Waals surface area contributed by atoms with E-state index in [1.807, 2.05) is 6.92 Å². The Labute approximate surface area is 138 Å². The third-order valence-electron chi connectivity index (χ3n) is 4.89. The van der Waals surface area contributed by atoms with Crippen molar-refractivity contribution in [2.24, 2.45) is 5.73 Å². The van der Waals surface area contributed by atoms with E-state index in [2.05, 4.69) is 0 Å². The summed E-state index contributed by atoms with van der Waals surface area (Å²) in [5, 5.41) is 0. The normalized spacial score (nSPS) is 27.2. The van der Waals surface area contributed by atoms with Crippen LogP contribution in [0.5, 0.6) is 5.75 Å². The van der Waals surface area contributed by atoms with Crippen LogP contribution >= 0.6 is 0 Å². The van der Waals surface area contributed by atoms with Crippen LogP contribution in [-0.4, -0.2) is 37.5 Å². The molecule has 2 fully saturated rings. The quantitative estimate of drug-likeness (QED) is 0.915. The molecule has 2 aliphatic rings. The molecule has 1 aliphatic carbocycles. The number of ether oxygens (including phenoxy) is 1. The monoisotopic (exact) mass is 338 g/mol. The van der Waals surface area contributed by atoms with Gasteiger partial charge in [0.2, 0.25) is 10.0 Å². The highest BCUT2D eigenvalue weighted by molar-refractivity contribution is 7.89. The van der Waals surface area contributed by atoms with Crippen molar-refractivity contribution in [2.75, 3.05) is 6.54 Å². The molecule has 0 radical (unpaired) electrons. The average molecular weight is 338 g/mol. The van der Waals surface area contributed by atoms with Gasteiger partial charge in [0.05, 0.1) is 11.0 Å². The van der Waals surface area contributed by atoms with Gasteiger partial charge in [-0.2, -0.15) is 4.31 Å². The fourth-order valence-corrected chi connectivity index (χ4v) is 5.22.